The predicted octanol–water partition coefficient (Wildman–Crippen LogP) is 12.7. The molecule has 3 aromatic heterocycles. The van der Waals surface area contributed by atoms with Crippen molar-refractivity contribution in [3.05, 3.63) is 199 Å². The highest BCUT2D eigenvalue weighted by Crippen LogP contribution is 2.43. The summed E-state index contributed by atoms with van der Waals surface area (Å²) < 4.78 is 15.5. The Kier molecular flexibility index (Phi) is 6.89. The van der Waals surface area contributed by atoms with Crippen molar-refractivity contribution in [2.24, 2.45) is 9.98 Å². The summed E-state index contributed by atoms with van der Waals surface area (Å²) in [6.07, 6.45) is -0.496. The molecule has 0 spiro atoms. The quantitative estimate of drug-likeness (QED) is 0.192. The summed E-state index contributed by atoms with van der Waals surface area (Å²) >= 11 is 0. The van der Waals surface area contributed by atoms with E-state index in [9.17, 15) is 0 Å². The van der Waals surface area contributed by atoms with Crippen LogP contribution in [0.15, 0.2) is 201 Å². The number of furan rings is 2. The van der Waals surface area contributed by atoms with Gasteiger partial charge in [0.1, 0.15) is 34.3 Å². The SMILES string of the molecule is c1ccc(C2=NC(c3ccc4oc5ccccc5c4c3-n3c4ccccc4c4ccccc43)=NC(c3cccc4oc5cccc(-c6ccccc6)c5c34)N2)cc1. The Morgan fingerprint density at radius 2 is 1.02 bits per heavy atom. The third kappa shape index (κ3) is 4.84. The lowest BCUT2D eigenvalue weighted by Gasteiger charge is -2.25. The number of para-hydroxylation sites is 3. The molecule has 6 heteroatoms. The molecule has 57 heavy (non-hydrogen) atoms. The normalized spacial score (nSPS) is 14.5. The number of nitrogens with zero attached hydrogens (tertiary/aromatic N) is 3. The molecule has 4 heterocycles. The first kappa shape index (κ1) is 31.6. The average Bonchev–Trinajstić information content (AvgIpc) is 3.96. The number of fused-ring (bicyclic) bond motifs is 9. The zero-order chi connectivity index (χ0) is 37.5. The third-order valence-electron chi connectivity index (χ3n) is 11.3. The molecular formula is C51H32N4O2. The standard InChI is InChI=1S/C51H32N4O2/c1-3-15-31(16-4-1)33-22-13-27-42-45(33)46-37(23-14-28-43(46)57-42)50-52-49(32-17-5-2-6-18-32)53-51(54-50)38-29-30-44-47(36-21-9-12-26-41(36)56-44)48(38)55-39-24-10-7-19-34(39)35-20-8-11-25-40(35)55/h1-30,50H,(H,52,53,54). The molecule has 1 unspecified atom stereocenters. The van der Waals surface area contributed by atoms with Gasteiger partial charge in [-0.2, -0.15) is 0 Å². The number of benzene rings is 8. The van der Waals surface area contributed by atoms with Crippen molar-refractivity contribution >= 4 is 77.4 Å². The van der Waals surface area contributed by atoms with Gasteiger partial charge < -0.3 is 18.7 Å². The minimum atomic E-state index is -0.496. The maximum Gasteiger partial charge on any atom is 0.161 e. The van der Waals surface area contributed by atoms with Crippen LogP contribution in [0.4, 0.5) is 0 Å². The number of aliphatic imine (C=N–C) groups is 2. The van der Waals surface area contributed by atoms with E-state index in [2.05, 4.69) is 143 Å². The monoisotopic (exact) mass is 732 g/mol. The van der Waals surface area contributed by atoms with Crippen LogP contribution in [0.2, 0.25) is 0 Å². The number of amidine groups is 2. The van der Waals surface area contributed by atoms with Gasteiger partial charge in [0.05, 0.1) is 22.1 Å². The molecule has 12 rings (SSSR count). The predicted molar refractivity (Wildman–Crippen MR) is 233 cm³/mol. The summed E-state index contributed by atoms with van der Waals surface area (Å²) in [7, 11) is 0. The first-order chi connectivity index (χ1) is 28.3. The summed E-state index contributed by atoms with van der Waals surface area (Å²) in [6.45, 7) is 0. The van der Waals surface area contributed by atoms with Crippen molar-refractivity contribution < 1.29 is 8.83 Å². The van der Waals surface area contributed by atoms with E-state index >= 15 is 0 Å². The Morgan fingerprint density at radius 1 is 0.439 bits per heavy atom. The van der Waals surface area contributed by atoms with Gasteiger partial charge in [0.15, 0.2) is 5.84 Å². The zero-order valence-corrected chi connectivity index (χ0v) is 30.6. The molecule has 6 nitrogen and oxygen atoms in total. The highest BCUT2D eigenvalue weighted by atomic mass is 16.3. The Morgan fingerprint density at radius 3 is 1.77 bits per heavy atom. The minimum Gasteiger partial charge on any atom is -0.456 e. The van der Waals surface area contributed by atoms with Crippen molar-refractivity contribution in [1.29, 1.82) is 0 Å². The number of nitrogens with one attached hydrogen (secondary N) is 1. The molecule has 0 aliphatic carbocycles. The van der Waals surface area contributed by atoms with Gasteiger partial charge in [-0.25, -0.2) is 9.98 Å². The largest absolute Gasteiger partial charge is 0.456 e. The van der Waals surface area contributed by atoms with Gasteiger partial charge in [-0.05, 0) is 53.6 Å². The molecule has 0 amide bonds. The van der Waals surface area contributed by atoms with Crippen molar-refractivity contribution in [3.8, 4) is 16.8 Å². The molecule has 1 aliphatic heterocycles. The van der Waals surface area contributed by atoms with E-state index in [1.807, 2.05) is 48.5 Å². The van der Waals surface area contributed by atoms with Crippen LogP contribution in [0.1, 0.15) is 22.9 Å². The van der Waals surface area contributed by atoms with Gasteiger partial charge >= 0.3 is 0 Å². The van der Waals surface area contributed by atoms with Gasteiger partial charge in [-0.3, -0.25) is 0 Å². The van der Waals surface area contributed by atoms with Gasteiger partial charge in [-0.1, -0.05) is 140 Å². The number of aromatic nitrogens is 1. The fourth-order valence-electron chi connectivity index (χ4n) is 8.83. The van der Waals surface area contributed by atoms with E-state index < -0.39 is 6.17 Å². The van der Waals surface area contributed by atoms with Crippen LogP contribution in [-0.4, -0.2) is 16.2 Å². The zero-order valence-electron chi connectivity index (χ0n) is 30.6. The van der Waals surface area contributed by atoms with Crippen molar-refractivity contribution in [1.82, 2.24) is 9.88 Å². The number of hydrogen-bond donors (Lipinski definition) is 1. The summed E-state index contributed by atoms with van der Waals surface area (Å²) in [6, 6.07) is 63.0. The summed E-state index contributed by atoms with van der Waals surface area (Å²) in [5, 5.41) is 10.3. The minimum absolute atomic E-state index is 0.496. The second kappa shape index (κ2) is 12.4. The molecule has 8 aromatic carbocycles. The molecule has 0 radical (unpaired) electrons. The van der Waals surface area contributed by atoms with E-state index in [-0.39, 0.29) is 0 Å². The van der Waals surface area contributed by atoms with Gasteiger partial charge in [-0.15, -0.1) is 0 Å². The molecule has 1 atom stereocenters. The highest BCUT2D eigenvalue weighted by Gasteiger charge is 2.29. The molecule has 0 fully saturated rings. The van der Waals surface area contributed by atoms with E-state index in [1.165, 1.54) is 10.8 Å². The summed E-state index contributed by atoms with van der Waals surface area (Å²) in [5.41, 5.74) is 11.6. The smallest absolute Gasteiger partial charge is 0.161 e. The van der Waals surface area contributed by atoms with Crippen LogP contribution >= 0.6 is 0 Å². The average molecular weight is 733 g/mol. The van der Waals surface area contributed by atoms with E-state index in [0.29, 0.717) is 5.84 Å². The van der Waals surface area contributed by atoms with Crippen LogP contribution < -0.4 is 5.32 Å². The van der Waals surface area contributed by atoms with E-state index in [0.717, 1.165) is 94.3 Å². The Hall–Kier alpha value is -7.70. The first-order valence-corrected chi connectivity index (χ1v) is 19.2. The van der Waals surface area contributed by atoms with Crippen molar-refractivity contribution in [2.75, 3.05) is 0 Å². The van der Waals surface area contributed by atoms with Crippen molar-refractivity contribution in [2.45, 2.75) is 6.17 Å². The molecule has 268 valence electrons. The molecule has 11 aromatic rings. The van der Waals surface area contributed by atoms with Crippen LogP contribution in [0, 0.1) is 0 Å². The number of rotatable bonds is 5. The lowest BCUT2D eigenvalue weighted by molar-refractivity contribution is 0.662. The van der Waals surface area contributed by atoms with E-state index in [4.69, 9.17) is 18.8 Å². The van der Waals surface area contributed by atoms with Crippen LogP contribution in [0.25, 0.3) is 82.5 Å². The van der Waals surface area contributed by atoms with Crippen LogP contribution in [0.3, 0.4) is 0 Å². The third-order valence-corrected chi connectivity index (χ3v) is 11.3. The van der Waals surface area contributed by atoms with Crippen LogP contribution in [0.5, 0.6) is 0 Å². The fraction of sp³-hybridized carbons (Fsp3) is 0.0196. The summed E-state index contributed by atoms with van der Waals surface area (Å²) in [4.78, 5) is 11.0. The van der Waals surface area contributed by atoms with Gasteiger partial charge in [0.25, 0.3) is 0 Å². The topological polar surface area (TPSA) is 68.0 Å². The second-order valence-electron chi connectivity index (χ2n) is 14.5. The van der Waals surface area contributed by atoms with Gasteiger partial charge in [0.2, 0.25) is 0 Å². The molecule has 1 N–H and O–H groups in total. The molecular weight excluding hydrogens is 701 g/mol. The maximum atomic E-state index is 6.58. The summed E-state index contributed by atoms with van der Waals surface area (Å²) in [5.74, 6) is 1.36. The fourth-order valence-corrected chi connectivity index (χ4v) is 8.83. The second-order valence-corrected chi connectivity index (χ2v) is 14.5. The lowest BCUT2D eigenvalue weighted by Crippen LogP contribution is -2.33. The molecule has 0 saturated carbocycles. The Balaban J connectivity index is 1.17. The lowest BCUT2D eigenvalue weighted by atomic mass is 9.96. The van der Waals surface area contributed by atoms with Crippen molar-refractivity contribution in [3.63, 3.8) is 0 Å². The highest BCUT2D eigenvalue weighted by molar-refractivity contribution is 6.22. The Bertz CT molecular complexity index is 3390. The molecule has 0 bridgehead atoms. The molecule has 0 saturated heterocycles. The van der Waals surface area contributed by atoms with Crippen LogP contribution in [-0.2, 0) is 0 Å². The van der Waals surface area contributed by atoms with E-state index in [1.54, 1.807) is 0 Å². The van der Waals surface area contributed by atoms with Gasteiger partial charge in [0, 0.05) is 43.6 Å². The first-order valence-electron chi connectivity index (χ1n) is 19.2. The Labute approximate surface area is 326 Å². The number of hydrogen-bond acceptors (Lipinski definition) is 5. The molecule has 1 aliphatic rings. The maximum absolute atomic E-state index is 6.58.